The number of hydrogen-bond donors (Lipinski definition) is 3. The Labute approximate surface area is 148 Å². The van der Waals surface area contributed by atoms with Crippen LogP contribution in [0.2, 0.25) is 0 Å². The SMILES string of the molecule is O=C(NCc1nc2ccccc2c(=O)[nH]1)[C@](O)(c1cccs1)C(F)(F)F. The summed E-state index contributed by atoms with van der Waals surface area (Å²) in [7, 11) is 0. The van der Waals surface area contributed by atoms with Gasteiger partial charge >= 0.3 is 6.18 Å². The van der Waals surface area contributed by atoms with Gasteiger partial charge in [-0.05, 0) is 23.6 Å². The lowest BCUT2D eigenvalue weighted by Gasteiger charge is -2.28. The number of para-hydroxylation sites is 1. The Kier molecular flexibility index (Phi) is 4.55. The summed E-state index contributed by atoms with van der Waals surface area (Å²) in [6.07, 6.45) is -5.22. The number of aliphatic hydroxyl groups is 1. The fourth-order valence-corrected chi connectivity index (χ4v) is 3.22. The molecule has 26 heavy (non-hydrogen) atoms. The molecular formula is C16H12F3N3O3S. The van der Waals surface area contributed by atoms with Gasteiger partial charge in [0.1, 0.15) is 5.82 Å². The topological polar surface area (TPSA) is 95.1 Å². The van der Waals surface area contributed by atoms with Crippen molar-refractivity contribution in [1.82, 2.24) is 15.3 Å². The van der Waals surface area contributed by atoms with Crippen molar-refractivity contribution in [3.63, 3.8) is 0 Å². The summed E-state index contributed by atoms with van der Waals surface area (Å²) in [6, 6.07) is 8.72. The lowest BCUT2D eigenvalue weighted by atomic mass is 10.00. The Morgan fingerprint density at radius 2 is 1.96 bits per heavy atom. The minimum Gasteiger partial charge on any atom is -0.368 e. The number of halogens is 3. The van der Waals surface area contributed by atoms with E-state index in [2.05, 4.69) is 9.97 Å². The van der Waals surface area contributed by atoms with Gasteiger partial charge in [-0.2, -0.15) is 13.2 Å². The Morgan fingerprint density at radius 1 is 1.23 bits per heavy atom. The van der Waals surface area contributed by atoms with Crippen LogP contribution >= 0.6 is 11.3 Å². The molecule has 0 fully saturated rings. The van der Waals surface area contributed by atoms with Crippen LogP contribution in [0.3, 0.4) is 0 Å². The van der Waals surface area contributed by atoms with Gasteiger partial charge < -0.3 is 15.4 Å². The molecule has 2 heterocycles. The van der Waals surface area contributed by atoms with Gasteiger partial charge in [-0.3, -0.25) is 9.59 Å². The number of alkyl halides is 3. The zero-order valence-electron chi connectivity index (χ0n) is 13.0. The fraction of sp³-hybridized carbons (Fsp3) is 0.188. The van der Waals surface area contributed by atoms with Gasteiger partial charge in [-0.25, -0.2) is 4.98 Å². The monoisotopic (exact) mass is 383 g/mol. The van der Waals surface area contributed by atoms with Crippen LogP contribution < -0.4 is 10.9 Å². The number of benzene rings is 1. The number of carbonyl (C=O) groups is 1. The van der Waals surface area contributed by atoms with E-state index in [9.17, 15) is 27.9 Å². The number of amides is 1. The molecule has 0 aliphatic rings. The summed E-state index contributed by atoms with van der Waals surface area (Å²) in [6.45, 7) is -0.483. The normalized spacial score (nSPS) is 14.2. The van der Waals surface area contributed by atoms with Crippen molar-refractivity contribution in [2.75, 3.05) is 0 Å². The molecule has 0 spiro atoms. The van der Waals surface area contributed by atoms with E-state index in [0.29, 0.717) is 22.2 Å². The minimum atomic E-state index is -5.22. The first-order chi connectivity index (χ1) is 12.2. The fourth-order valence-electron chi connectivity index (χ4n) is 2.38. The maximum atomic E-state index is 13.3. The Bertz CT molecular complexity index is 1000. The maximum Gasteiger partial charge on any atom is 0.431 e. The number of rotatable bonds is 4. The average Bonchev–Trinajstić information content (AvgIpc) is 3.13. The molecule has 0 unspecified atom stereocenters. The van der Waals surface area contributed by atoms with Gasteiger partial charge in [-0.15, -0.1) is 11.3 Å². The lowest BCUT2D eigenvalue weighted by molar-refractivity contribution is -0.255. The van der Waals surface area contributed by atoms with E-state index in [-0.39, 0.29) is 5.82 Å². The third-order valence-corrected chi connectivity index (χ3v) is 4.67. The number of hydrogen-bond acceptors (Lipinski definition) is 5. The van der Waals surface area contributed by atoms with Crippen molar-refractivity contribution in [2.45, 2.75) is 18.3 Å². The number of thiophene rings is 1. The van der Waals surface area contributed by atoms with Crippen molar-refractivity contribution in [1.29, 1.82) is 0 Å². The molecule has 0 bridgehead atoms. The van der Waals surface area contributed by atoms with Gasteiger partial charge in [0, 0.05) is 0 Å². The van der Waals surface area contributed by atoms with E-state index in [1.54, 1.807) is 24.3 Å². The van der Waals surface area contributed by atoms with Crippen molar-refractivity contribution in [2.24, 2.45) is 0 Å². The molecule has 1 amide bonds. The molecule has 0 saturated heterocycles. The zero-order chi connectivity index (χ0) is 18.9. The summed E-state index contributed by atoms with van der Waals surface area (Å²) in [5.74, 6) is -1.68. The number of carbonyl (C=O) groups excluding carboxylic acids is 1. The molecule has 3 rings (SSSR count). The second-order valence-corrected chi connectivity index (χ2v) is 6.35. The average molecular weight is 383 g/mol. The quantitative estimate of drug-likeness (QED) is 0.643. The molecule has 0 aliphatic carbocycles. The molecule has 1 aromatic carbocycles. The molecule has 136 valence electrons. The highest BCUT2D eigenvalue weighted by atomic mass is 32.1. The summed E-state index contributed by atoms with van der Waals surface area (Å²) in [5, 5.41) is 13.7. The predicted molar refractivity (Wildman–Crippen MR) is 88.5 cm³/mol. The summed E-state index contributed by atoms with van der Waals surface area (Å²) >= 11 is 0.607. The van der Waals surface area contributed by atoms with Crippen LogP contribution in [-0.4, -0.2) is 27.2 Å². The van der Waals surface area contributed by atoms with Crippen LogP contribution in [0.5, 0.6) is 0 Å². The Hall–Kier alpha value is -2.72. The summed E-state index contributed by atoms with van der Waals surface area (Å²) in [4.78, 5) is 30.0. The van der Waals surface area contributed by atoms with Gasteiger partial charge in [0.15, 0.2) is 0 Å². The maximum absolute atomic E-state index is 13.3. The summed E-state index contributed by atoms with van der Waals surface area (Å²) in [5.41, 5.74) is -3.83. The highest BCUT2D eigenvalue weighted by Crippen LogP contribution is 2.41. The van der Waals surface area contributed by atoms with E-state index in [1.807, 2.05) is 5.32 Å². The molecule has 0 aliphatic heterocycles. The molecule has 2 aromatic heterocycles. The van der Waals surface area contributed by atoms with Crippen molar-refractivity contribution in [3.8, 4) is 0 Å². The van der Waals surface area contributed by atoms with Crippen molar-refractivity contribution >= 4 is 28.1 Å². The first-order valence-corrected chi connectivity index (χ1v) is 8.21. The molecule has 10 heteroatoms. The van der Waals surface area contributed by atoms with Crippen LogP contribution in [0.25, 0.3) is 10.9 Å². The molecule has 0 saturated carbocycles. The van der Waals surface area contributed by atoms with Crippen molar-refractivity contribution < 1.29 is 23.1 Å². The number of H-pyrrole nitrogens is 1. The third-order valence-electron chi connectivity index (χ3n) is 3.69. The predicted octanol–water partition coefficient (Wildman–Crippen LogP) is 2.05. The third kappa shape index (κ3) is 3.08. The number of fused-ring (bicyclic) bond motifs is 1. The number of nitrogens with zero attached hydrogens (tertiary/aromatic N) is 1. The van der Waals surface area contributed by atoms with Crippen LogP contribution in [0.15, 0.2) is 46.6 Å². The molecule has 3 N–H and O–H groups in total. The number of aromatic amines is 1. The van der Waals surface area contributed by atoms with E-state index < -0.39 is 34.7 Å². The lowest BCUT2D eigenvalue weighted by Crippen LogP contribution is -2.53. The van der Waals surface area contributed by atoms with Gasteiger partial charge in [0.2, 0.25) is 0 Å². The van der Waals surface area contributed by atoms with Gasteiger partial charge in [0.05, 0.1) is 22.3 Å². The molecule has 0 radical (unpaired) electrons. The van der Waals surface area contributed by atoms with Crippen LogP contribution in [0.4, 0.5) is 13.2 Å². The minimum absolute atomic E-state index is 0.0299. The second kappa shape index (κ2) is 6.54. The van der Waals surface area contributed by atoms with Gasteiger partial charge in [0.25, 0.3) is 17.1 Å². The highest BCUT2D eigenvalue weighted by molar-refractivity contribution is 7.10. The molecule has 3 aromatic rings. The number of nitrogens with one attached hydrogen (secondary N) is 2. The standard InChI is InChI=1S/C16H12F3N3O3S/c17-16(18,19)15(25,11-6-3-7-26-11)14(24)20-8-12-21-10-5-2-1-4-9(10)13(23)22-12/h1-7,25H,8H2,(H,20,24)(H,21,22,23)/t15-/m1/s1. The van der Waals surface area contributed by atoms with Crippen LogP contribution in [0, 0.1) is 0 Å². The first-order valence-electron chi connectivity index (χ1n) is 7.33. The molecular weight excluding hydrogens is 371 g/mol. The molecule has 6 nitrogen and oxygen atoms in total. The molecule has 1 atom stereocenters. The Balaban J connectivity index is 1.87. The zero-order valence-corrected chi connectivity index (χ0v) is 13.8. The largest absolute Gasteiger partial charge is 0.431 e. The summed E-state index contributed by atoms with van der Waals surface area (Å²) < 4.78 is 40.0. The van der Waals surface area contributed by atoms with E-state index in [4.69, 9.17) is 0 Å². The van der Waals surface area contributed by atoms with Gasteiger partial charge in [-0.1, -0.05) is 18.2 Å². The van der Waals surface area contributed by atoms with E-state index in [0.717, 1.165) is 6.07 Å². The first kappa shape index (κ1) is 18.1. The highest BCUT2D eigenvalue weighted by Gasteiger charge is 2.61. The van der Waals surface area contributed by atoms with E-state index >= 15 is 0 Å². The number of aromatic nitrogens is 2. The van der Waals surface area contributed by atoms with Crippen LogP contribution in [-0.2, 0) is 16.9 Å². The van der Waals surface area contributed by atoms with E-state index in [1.165, 1.54) is 11.4 Å². The Morgan fingerprint density at radius 3 is 2.62 bits per heavy atom. The van der Waals surface area contributed by atoms with Crippen LogP contribution in [0.1, 0.15) is 10.7 Å². The second-order valence-electron chi connectivity index (χ2n) is 5.40. The smallest absolute Gasteiger partial charge is 0.368 e. The van der Waals surface area contributed by atoms with Crippen molar-refractivity contribution in [3.05, 3.63) is 62.8 Å².